The van der Waals surface area contributed by atoms with Crippen LogP contribution < -0.4 is 0 Å². The lowest BCUT2D eigenvalue weighted by Gasteiger charge is -2.33. The number of carbonyl (C=O) groups excluding carboxylic acids is 1. The molecule has 0 N–H and O–H groups in total. The molecule has 0 heterocycles. The normalized spacial score (nSPS) is 34.5. The van der Waals surface area contributed by atoms with Gasteiger partial charge in [0.05, 0.1) is 5.92 Å². The highest BCUT2D eigenvalue weighted by molar-refractivity contribution is 5.74. The average molecular weight is 286 g/mol. The van der Waals surface area contributed by atoms with Crippen LogP contribution in [-0.4, -0.2) is 11.6 Å². The third-order valence-electron chi connectivity index (χ3n) is 5.43. The molecule has 122 valence electrons. The molecule has 2 aliphatic carbocycles. The van der Waals surface area contributed by atoms with Gasteiger partial charge in [-0.3, -0.25) is 4.79 Å². The van der Waals surface area contributed by atoms with Crippen LogP contribution in [0.25, 0.3) is 0 Å². The summed E-state index contributed by atoms with van der Waals surface area (Å²) in [6.07, 6.45) is 3.19. The Kier molecular flexibility index (Phi) is 8.13. The van der Waals surface area contributed by atoms with Crippen molar-refractivity contribution in [2.75, 3.05) is 0 Å². The minimum atomic E-state index is -0.298. The third-order valence-corrected chi connectivity index (χ3v) is 5.43. The van der Waals surface area contributed by atoms with Crippen LogP contribution in [0.15, 0.2) is 0 Å². The number of hydrogen-bond donors (Lipinski definition) is 0. The first kappa shape index (κ1) is 21.8. The van der Waals surface area contributed by atoms with Gasteiger partial charge in [0, 0.05) is 0 Å². The monoisotopic (exact) mass is 286 g/mol. The third kappa shape index (κ3) is 3.77. The van der Waals surface area contributed by atoms with Gasteiger partial charge in [0.25, 0.3) is 0 Å². The van der Waals surface area contributed by atoms with E-state index in [-0.39, 0.29) is 39.8 Å². The lowest BCUT2D eigenvalue weighted by molar-refractivity contribution is -0.164. The van der Waals surface area contributed by atoms with Crippen LogP contribution in [0.1, 0.15) is 76.2 Å². The van der Waals surface area contributed by atoms with E-state index in [9.17, 15) is 4.79 Å². The molecular weight excluding hydrogens is 248 g/mol. The van der Waals surface area contributed by atoms with Gasteiger partial charge >= 0.3 is 5.97 Å². The van der Waals surface area contributed by atoms with Crippen LogP contribution in [0.2, 0.25) is 0 Å². The number of fused-ring (bicyclic) bond motifs is 2. The van der Waals surface area contributed by atoms with E-state index in [1.807, 2.05) is 13.8 Å². The van der Waals surface area contributed by atoms with Gasteiger partial charge in [-0.25, -0.2) is 0 Å². The fraction of sp³-hybridized carbons (Fsp3) is 0.944. The van der Waals surface area contributed by atoms with Gasteiger partial charge in [-0.05, 0) is 56.8 Å². The highest BCUT2D eigenvalue weighted by atomic mass is 16.6. The first-order valence-corrected chi connectivity index (χ1v) is 7.08. The Hall–Kier alpha value is -0.530. The molecule has 0 spiro atoms. The lowest BCUT2D eigenvalue weighted by Crippen LogP contribution is -2.36. The minimum absolute atomic E-state index is 0. The summed E-state index contributed by atoms with van der Waals surface area (Å²) in [4.78, 5) is 12.2. The summed E-state index contributed by atoms with van der Waals surface area (Å²) in [5.41, 5.74) is -0.298. The fourth-order valence-electron chi connectivity index (χ4n) is 3.63. The summed E-state index contributed by atoms with van der Waals surface area (Å²) < 4.78 is 5.67. The molecule has 0 amide bonds. The van der Waals surface area contributed by atoms with Gasteiger partial charge in [-0.15, -0.1) is 0 Å². The highest BCUT2D eigenvalue weighted by Crippen LogP contribution is 2.55. The van der Waals surface area contributed by atoms with E-state index in [4.69, 9.17) is 4.74 Å². The van der Waals surface area contributed by atoms with Crippen LogP contribution >= 0.6 is 0 Å². The van der Waals surface area contributed by atoms with Crippen molar-refractivity contribution in [1.82, 2.24) is 0 Å². The first-order chi connectivity index (χ1) is 7.85. The van der Waals surface area contributed by atoms with E-state index < -0.39 is 0 Å². The fourth-order valence-corrected chi connectivity index (χ4v) is 3.63. The maximum absolute atomic E-state index is 12.2. The summed E-state index contributed by atoms with van der Waals surface area (Å²) in [6, 6.07) is 0. The van der Waals surface area contributed by atoms with E-state index in [1.54, 1.807) is 0 Å². The molecule has 2 heteroatoms. The molecule has 2 fully saturated rings. The Morgan fingerprint density at radius 3 is 2.05 bits per heavy atom. The van der Waals surface area contributed by atoms with Gasteiger partial charge in [-0.2, -0.15) is 0 Å². The Bertz CT molecular complexity index is 307. The van der Waals surface area contributed by atoms with Gasteiger partial charge in [0.2, 0.25) is 0 Å². The topological polar surface area (TPSA) is 26.3 Å². The zero-order valence-corrected chi connectivity index (χ0v) is 11.8. The van der Waals surface area contributed by atoms with Crippen molar-refractivity contribution in [3.8, 4) is 0 Å². The number of hydrogen-bond acceptors (Lipinski definition) is 2. The Morgan fingerprint density at radius 1 is 1.10 bits per heavy atom. The van der Waals surface area contributed by atoms with Crippen LogP contribution in [0.3, 0.4) is 0 Å². The van der Waals surface area contributed by atoms with Crippen LogP contribution in [0.4, 0.5) is 0 Å². The summed E-state index contributed by atoms with van der Waals surface area (Å²) in [5.74, 6) is 3.06. The standard InChI is InChI=1S/C15H26O2.3CH4/c1-6-15(4,5)17-14(16)13-8-11-7-12(13)10(3)9(11)2;;;/h9-13H,6-8H2,1-5H3;3*1H4. The van der Waals surface area contributed by atoms with Gasteiger partial charge in [0.1, 0.15) is 5.60 Å². The zero-order valence-electron chi connectivity index (χ0n) is 11.8. The molecule has 2 bridgehead atoms. The molecule has 20 heavy (non-hydrogen) atoms. The molecule has 2 rings (SSSR count). The predicted molar refractivity (Wildman–Crippen MR) is 88.7 cm³/mol. The Morgan fingerprint density at radius 2 is 1.65 bits per heavy atom. The largest absolute Gasteiger partial charge is 0.459 e. The molecule has 0 aromatic heterocycles. The number of carbonyl (C=O) groups is 1. The lowest BCUT2D eigenvalue weighted by atomic mass is 9.76. The van der Waals surface area contributed by atoms with Gasteiger partial charge in [0.15, 0.2) is 0 Å². The quantitative estimate of drug-likeness (QED) is 0.635. The second kappa shape index (κ2) is 7.47. The van der Waals surface area contributed by atoms with Crippen molar-refractivity contribution in [3.63, 3.8) is 0 Å². The summed E-state index contributed by atoms with van der Waals surface area (Å²) >= 11 is 0. The van der Waals surface area contributed by atoms with E-state index in [1.165, 1.54) is 6.42 Å². The number of rotatable bonds is 3. The molecule has 2 aliphatic rings. The second-order valence-electron chi connectivity index (χ2n) is 6.75. The van der Waals surface area contributed by atoms with Crippen LogP contribution in [0, 0.1) is 29.6 Å². The first-order valence-electron chi connectivity index (χ1n) is 7.08. The van der Waals surface area contributed by atoms with Crippen molar-refractivity contribution in [2.24, 2.45) is 29.6 Å². The van der Waals surface area contributed by atoms with Crippen molar-refractivity contribution < 1.29 is 9.53 Å². The molecule has 0 saturated heterocycles. The predicted octanol–water partition coefficient (Wildman–Crippen LogP) is 5.55. The summed E-state index contributed by atoms with van der Waals surface area (Å²) in [7, 11) is 0. The summed E-state index contributed by atoms with van der Waals surface area (Å²) in [6.45, 7) is 10.7. The van der Waals surface area contributed by atoms with E-state index >= 15 is 0 Å². The van der Waals surface area contributed by atoms with Crippen molar-refractivity contribution in [3.05, 3.63) is 0 Å². The smallest absolute Gasteiger partial charge is 0.309 e. The molecule has 0 aliphatic heterocycles. The molecule has 0 radical (unpaired) electrons. The van der Waals surface area contributed by atoms with E-state index in [2.05, 4.69) is 20.8 Å². The van der Waals surface area contributed by atoms with Crippen LogP contribution in [0.5, 0.6) is 0 Å². The zero-order chi connectivity index (χ0) is 12.8. The van der Waals surface area contributed by atoms with E-state index in [0.29, 0.717) is 11.8 Å². The molecule has 5 atom stereocenters. The maximum atomic E-state index is 12.2. The van der Waals surface area contributed by atoms with Gasteiger partial charge < -0.3 is 4.74 Å². The summed E-state index contributed by atoms with van der Waals surface area (Å²) in [5, 5.41) is 0. The molecule has 0 aromatic rings. The molecule has 2 nitrogen and oxygen atoms in total. The number of esters is 1. The Labute approximate surface area is 127 Å². The molecular formula is C18H38O2. The van der Waals surface area contributed by atoms with Crippen molar-refractivity contribution in [1.29, 1.82) is 0 Å². The molecule has 5 unspecified atom stereocenters. The minimum Gasteiger partial charge on any atom is -0.459 e. The number of ether oxygens (including phenoxy) is 1. The van der Waals surface area contributed by atoms with Crippen molar-refractivity contribution >= 4 is 5.97 Å². The SMILES string of the molecule is C.C.C.CCC(C)(C)OC(=O)C1CC2CC1C(C)C2C. The average Bonchev–Trinajstić information content (AvgIpc) is 2.80. The maximum Gasteiger partial charge on any atom is 0.309 e. The molecule has 0 aromatic carbocycles. The Balaban J connectivity index is 0. The van der Waals surface area contributed by atoms with Crippen LogP contribution in [-0.2, 0) is 9.53 Å². The second-order valence-corrected chi connectivity index (χ2v) is 6.75. The van der Waals surface area contributed by atoms with E-state index in [0.717, 1.165) is 24.7 Å². The van der Waals surface area contributed by atoms with Gasteiger partial charge in [-0.1, -0.05) is 43.1 Å². The molecule has 2 saturated carbocycles. The highest BCUT2D eigenvalue weighted by Gasteiger charge is 2.52. The van der Waals surface area contributed by atoms with Crippen molar-refractivity contribution in [2.45, 2.75) is 81.8 Å².